The first-order chi connectivity index (χ1) is 8.38. The van der Waals surface area contributed by atoms with E-state index in [1.165, 1.54) is 34.9 Å². The molecule has 0 unspecified atom stereocenters. The summed E-state index contributed by atoms with van der Waals surface area (Å²) in [6.45, 7) is 3.25. The Balaban J connectivity index is 2.22. The average molecular weight is 226 g/mol. The summed E-state index contributed by atoms with van der Waals surface area (Å²) in [5.41, 5.74) is 3.89. The molecule has 1 aromatic carbocycles. The van der Waals surface area contributed by atoms with Crippen molar-refractivity contribution in [2.75, 3.05) is 11.9 Å². The standard InChI is InChI=1S/C15H18N2/c1-2-11-7-5-8-12-10-13-6-3-4-9-16-15(13)17-14(11)12/h5,7-8,10H,2-4,6,9H2,1H3,(H,16,17). The lowest BCUT2D eigenvalue weighted by Gasteiger charge is -2.10. The van der Waals surface area contributed by atoms with Crippen LogP contribution in [0.5, 0.6) is 0 Å². The van der Waals surface area contributed by atoms with E-state index in [1.54, 1.807) is 0 Å². The Morgan fingerprint density at radius 3 is 3.12 bits per heavy atom. The van der Waals surface area contributed by atoms with Gasteiger partial charge in [0.15, 0.2) is 0 Å². The van der Waals surface area contributed by atoms with Crippen molar-refractivity contribution in [3.05, 3.63) is 35.4 Å². The predicted octanol–water partition coefficient (Wildman–Crippen LogP) is 3.55. The third-order valence-corrected chi connectivity index (χ3v) is 3.55. The van der Waals surface area contributed by atoms with Gasteiger partial charge in [-0.15, -0.1) is 0 Å². The van der Waals surface area contributed by atoms with Gasteiger partial charge in [-0.25, -0.2) is 4.98 Å². The Bertz CT molecular complexity index is 546. The summed E-state index contributed by atoms with van der Waals surface area (Å²) in [4.78, 5) is 4.84. The first kappa shape index (κ1) is 10.6. The summed E-state index contributed by atoms with van der Waals surface area (Å²) < 4.78 is 0. The Hall–Kier alpha value is -1.57. The van der Waals surface area contributed by atoms with Crippen molar-refractivity contribution in [1.29, 1.82) is 0 Å². The third-order valence-electron chi connectivity index (χ3n) is 3.55. The Labute approximate surface area is 102 Å². The molecule has 0 saturated carbocycles. The number of benzene rings is 1. The zero-order valence-electron chi connectivity index (χ0n) is 10.3. The highest BCUT2D eigenvalue weighted by atomic mass is 15.0. The molecule has 1 aromatic heterocycles. The van der Waals surface area contributed by atoms with Crippen LogP contribution in [0.4, 0.5) is 5.82 Å². The van der Waals surface area contributed by atoms with E-state index in [2.05, 4.69) is 36.5 Å². The zero-order chi connectivity index (χ0) is 11.7. The van der Waals surface area contributed by atoms with Crippen LogP contribution in [-0.2, 0) is 12.8 Å². The maximum Gasteiger partial charge on any atom is 0.129 e. The van der Waals surface area contributed by atoms with Gasteiger partial charge >= 0.3 is 0 Å². The van der Waals surface area contributed by atoms with Crippen molar-refractivity contribution in [1.82, 2.24) is 4.98 Å². The Kier molecular flexibility index (Phi) is 2.71. The highest BCUT2D eigenvalue weighted by Crippen LogP contribution is 2.26. The van der Waals surface area contributed by atoms with Crippen molar-refractivity contribution in [3.8, 4) is 0 Å². The second-order valence-electron chi connectivity index (χ2n) is 4.72. The lowest BCUT2D eigenvalue weighted by atomic mass is 10.0. The summed E-state index contributed by atoms with van der Waals surface area (Å²) >= 11 is 0. The number of anilines is 1. The average Bonchev–Trinajstić information content (AvgIpc) is 2.60. The van der Waals surface area contributed by atoms with Gasteiger partial charge < -0.3 is 5.32 Å². The summed E-state index contributed by atoms with van der Waals surface area (Å²) in [5.74, 6) is 1.11. The van der Waals surface area contributed by atoms with Gasteiger partial charge in [0.1, 0.15) is 5.82 Å². The van der Waals surface area contributed by atoms with E-state index in [1.807, 2.05) is 0 Å². The SMILES string of the molecule is CCc1cccc2cc3c(nc12)NCCCC3. The lowest BCUT2D eigenvalue weighted by molar-refractivity contribution is 0.786. The van der Waals surface area contributed by atoms with Gasteiger partial charge in [-0.3, -0.25) is 0 Å². The number of pyridine rings is 1. The fraction of sp³-hybridized carbons (Fsp3) is 0.400. The molecule has 0 radical (unpaired) electrons. The molecule has 0 aliphatic carbocycles. The molecule has 2 heteroatoms. The molecule has 88 valence electrons. The highest BCUT2D eigenvalue weighted by molar-refractivity contribution is 5.84. The molecular weight excluding hydrogens is 208 g/mol. The fourth-order valence-electron chi connectivity index (χ4n) is 2.58. The van der Waals surface area contributed by atoms with Crippen LogP contribution in [0.25, 0.3) is 10.9 Å². The topological polar surface area (TPSA) is 24.9 Å². The van der Waals surface area contributed by atoms with Crippen molar-refractivity contribution in [2.45, 2.75) is 32.6 Å². The van der Waals surface area contributed by atoms with Crippen LogP contribution in [0.1, 0.15) is 30.9 Å². The van der Waals surface area contributed by atoms with Gasteiger partial charge in [-0.1, -0.05) is 25.1 Å². The number of hydrogen-bond acceptors (Lipinski definition) is 2. The number of nitrogens with one attached hydrogen (secondary N) is 1. The molecule has 0 spiro atoms. The Morgan fingerprint density at radius 1 is 1.29 bits per heavy atom. The highest BCUT2D eigenvalue weighted by Gasteiger charge is 2.11. The van der Waals surface area contributed by atoms with Gasteiger partial charge in [0.25, 0.3) is 0 Å². The van der Waals surface area contributed by atoms with Crippen LogP contribution in [0.15, 0.2) is 24.3 Å². The molecule has 0 atom stereocenters. The van der Waals surface area contributed by atoms with Crippen LogP contribution in [-0.4, -0.2) is 11.5 Å². The van der Waals surface area contributed by atoms with Crippen LogP contribution in [0.2, 0.25) is 0 Å². The van der Waals surface area contributed by atoms with Crippen molar-refractivity contribution in [3.63, 3.8) is 0 Å². The molecule has 3 rings (SSSR count). The van der Waals surface area contributed by atoms with Gasteiger partial charge in [-0.2, -0.15) is 0 Å². The number of nitrogens with zero attached hydrogens (tertiary/aromatic N) is 1. The lowest BCUT2D eigenvalue weighted by Crippen LogP contribution is -2.02. The molecule has 17 heavy (non-hydrogen) atoms. The van der Waals surface area contributed by atoms with E-state index in [4.69, 9.17) is 4.98 Å². The van der Waals surface area contributed by atoms with Crippen LogP contribution < -0.4 is 5.32 Å². The van der Waals surface area contributed by atoms with Crippen LogP contribution in [0, 0.1) is 0 Å². The fourth-order valence-corrected chi connectivity index (χ4v) is 2.58. The number of aromatic nitrogens is 1. The number of para-hydroxylation sites is 1. The first-order valence-corrected chi connectivity index (χ1v) is 6.54. The summed E-state index contributed by atoms with van der Waals surface area (Å²) in [6.07, 6.45) is 4.71. The van der Waals surface area contributed by atoms with E-state index in [-0.39, 0.29) is 0 Å². The number of fused-ring (bicyclic) bond motifs is 2. The predicted molar refractivity (Wildman–Crippen MR) is 72.5 cm³/mol. The van der Waals surface area contributed by atoms with E-state index < -0.39 is 0 Å². The minimum atomic E-state index is 1.04. The van der Waals surface area contributed by atoms with E-state index >= 15 is 0 Å². The maximum atomic E-state index is 4.84. The van der Waals surface area contributed by atoms with Crippen molar-refractivity contribution >= 4 is 16.7 Å². The third kappa shape index (κ3) is 1.88. The normalized spacial score (nSPS) is 15.1. The molecule has 0 saturated heterocycles. The Morgan fingerprint density at radius 2 is 2.24 bits per heavy atom. The first-order valence-electron chi connectivity index (χ1n) is 6.54. The van der Waals surface area contributed by atoms with Gasteiger partial charge in [0.2, 0.25) is 0 Å². The van der Waals surface area contributed by atoms with E-state index in [9.17, 15) is 0 Å². The smallest absolute Gasteiger partial charge is 0.129 e. The molecule has 1 N–H and O–H groups in total. The quantitative estimate of drug-likeness (QED) is 0.804. The molecule has 1 aliphatic heterocycles. The molecule has 2 heterocycles. The monoisotopic (exact) mass is 226 g/mol. The largest absolute Gasteiger partial charge is 0.370 e. The van der Waals surface area contributed by atoms with Crippen LogP contribution >= 0.6 is 0 Å². The molecule has 2 nitrogen and oxygen atoms in total. The van der Waals surface area contributed by atoms with Crippen molar-refractivity contribution < 1.29 is 0 Å². The number of rotatable bonds is 1. The molecular formula is C15H18N2. The van der Waals surface area contributed by atoms with E-state index in [0.717, 1.165) is 25.2 Å². The second-order valence-corrected chi connectivity index (χ2v) is 4.72. The van der Waals surface area contributed by atoms with Gasteiger partial charge in [0, 0.05) is 11.9 Å². The van der Waals surface area contributed by atoms with Crippen LogP contribution in [0.3, 0.4) is 0 Å². The molecule has 0 fully saturated rings. The molecule has 1 aliphatic rings. The maximum absolute atomic E-state index is 4.84. The van der Waals surface area contributed by atoms with Crippen molar-refractivity contribution in [2.24, 2.45) is 0 Å². The van der Waals surface area contributed by atoms with Gasteiger partial charge in [0.05, 0.1) is 5.52 Å². The summed E-state index contributed by atoms with van der Waals surface area (Å²) in [7, 11) is 0. The molecule has 0 amide bonds. The molecule has 0 bridgehead atoms. The number of hydrogen-bond donors (Lipinski definition) is 1. The molecule has 2 aromatic rings. The zero-order valence-corrected chi connectivity index (χ0v) is 10.3. The van der Waals surface area contributed by atoms with E-state index in [0.29, 0.717) is 0 Å². The second kappa shape index (κ2) is 4.36. The summed E-state index contributed by atoms with van der Waals surface area (Å²) in [6, 6.07) is 8.81. The van der Waals surface area contributed by atoms with Gasteiger partial charge in [-0.05, 0) is 42.9 Å². The minimum Gasteiger partial charge on any atom is -0.370 e. The summed E-state index contributed by atoms with van der Waals surface area (Å²) in [5, 5.41) is 4.74. The minimum absolute atomic E-state index is 1.04. The number of aryl methyl sites for hydroxylation is 2.